The minimum atomic E-state index is 0.527. The number of anilines is 2. The van der Waals surface area contributed by atoms with E-state index in [0.717, 1.165) is 84.7 Å². The topological polar surface area (TPSA) is 112 Å². The van der Waals surface area contributed by atoms with Gasteiger partial charge in [-0.2, -0.15) is 0 Å². The van der Waals surface area contributed by atoms with Crippen molar-refractivity contribution in [2.24, 2.45) is 5.16 Å². The number of piperazine rings is 1. The Morgan fingerprint density at radius 1 is 1.09 bits per heavy atom. The lowest BCUT2D eigenvalue weighted by Crippen LogP contribution is -2.42. The van der Waals surface area contributed by atoms with E-state index >= 15 is 0 Å². The predicted octanol–water partition coefficient (Wildman–Crippen LogP) is 3.56. The smallest absolute Gasteiger partial charge is 0.197 e. The van der Waals surface area contributed by atoms with Gasteiger partial charge in [-0.1, -0.05) is 11.2 Å². The molecule has 2 aliphatic rings. The standard InChI is InChI=1S/C25H25N7O2/c33-31-21-4-1-17-11-18(2-3-19(17)21)30-23-20-5-6-27-14-22(20)34-24(23)25-28-12-16(13-29-25)15-32-9-7-26-8-10-32/h2-3,5-6,11-14,26,30,33H,1,4,7-10,15H2. The molecule has 1 saturated heterocycles. The van der Waals surface area contributed by atoms with Crippen LogP contribution in [0.3, 0.4) is 0 Å². The van der Waals surface area contributed by atoms with E-state index in [-0.39, 0.29) is 0 Å². The number of pyridine rings is 1. The van der Waals surface area contributed by atoms with Crippen LogP contribution in [0.5, 0.6) is 0 Å². The van der Waals surface area contributed by atoms with Gasteiger partial charge in [-0.05, 0) is 36.6 Å². The van der Waals surface area contributed by atoms with Crippen molar-refractivity contribution >= 4 is 28.1 Å². The Kier molecular flexibility index (Phi) is 5.40. The van der Waals surface area contributed by atoms with Gasteiger partial charge in [0.25, 0.3) is 0 Å². The molecule has 172 valence electrons. The van der Waals surface area contributed by atoms with Crippen LogP contribution in [0.25, 0.3) is 22.6 Å². The molecule has 0 amide bonds. The molecule has 1 aliphatic heterocycles. The summed E-state index contributed by atoms with van der Waals surface area (Å²) in [6.07, 6.45) is 8.81. The van der Waals surface area contributed by atoms with Gasteiger partial charge in [0, 0.05) is 73.5 Å². The molecule has 9 heteroatoms. The van der Waals surface area contributed by atoms with Gasteiger partial charge in [0.1, 0.15) is 0 Å². The number of oxime groups is 1. The molecule has 0 spiro atoms. The lowest BCUT2D eigenvalue weighted by molar-refractivity contribution is 0.233. The summed E-state index contributed by atoms with van der Waals surface area (Å²) < 4.78 is 6.15. The summed E-state index contributed by atoms with van der Waals surface area (Å²) in [5.74, 6) is 1.11. The number of aromatic nitrogens is 3. The van der Waals surface area contributed by atoms with Crippen molar-refractivity contribution in [3.63, 3.8) is 0 Å². The molecule has 1 fully saturated rings. The average Bonchev–Trinajstić information content (AvgIpc) is 3.46. The zero-order chi connectivity index (χ0) is 22.9. The van der Waals surface area contributed by atoms with Gasteiger partial charge in [0.15, 0.2) is 17.2 Å². The summed E-state index contributed by atoms with van der Waals surface area (Å²) >= 11 is 0. The monoisotopic (exact) mass is 455 g/mol. The molecule has 4 heterocycles. The van der Waals surface area contributed by atoms with Crippen molar-refractivity contribution in [1.82, 2.24) is 25.2 Å². The van der Waals surface area contributed by atoms with E-state index in [1.807, 2.05) is 30.6 Å². The quantitative estimate of drug-likeness (QED) is 0.309. The summed E-state index contributed by atoms with van der Waals surface area (Å²) in [4.78, 5) is 15.9. The summed E-state index contributed by atoms with van der Waals surface area (Å²) in [7, 11) is 0. The largest absolute Gasteiger partial charge is 0.449 e. The molecule has 1 aromatic carbocycles. The average molecular weight is 456 g/mol. The van der Waals surface area contributed by atoms with Crippen LogP contribution in [0.2, 0.25) is 0 Å². The Labute approximate surface area is 196 Å². The summed E-state index contributed by atoms with van der Waals surface area (Å²) in [5.41, 5.74) is 6.37. The number of aryl methyl sites for hydroxylation is 1. The molecule has 0 atom stereocenters. The highest BCUT2D eigenvalue weighted by atomic mass is 16.4. The first-order chi connectivity index (χ1) is 16.8. The van der Waals surface area contributed by atoms with Crippen molar-refractivity contribution in [2.45, 2.75) is 19.4 Å². The van der Waals surface area contributed by atoms with Crippen LogP contribution < -0.4 is 10.6 Å². The zero-order valence-corrected chi connectivity index (χ0v) is 18.7. The lowest BCUT2D eigenvalue weighted by atomic mass is 10.1. The van der Waals surface area contributed by atoms with Crippen molar-refractivity contribution < 1.29 is 9.62 Å². The van der Waals surface area contributed by atoms with Crippen LogP contribution in [-0.4, -0.2) is 56.9 Å². The number of fused-ring (bicyclic) bond motifs is 2. The highest BCUT2D eigenvalue weighted by Gasteiger charge is 2.22. The molecule has 3 N–H and O–H groups in total. The molecule has 9 nitrogen and oxygen atoms in total. The number of hydrogen-bond donors (Lipinski definition) is 3. The third-order valence-electron chi connectivity index (χ3n) is 6.45. The van der Waals surface area contributed by atoms with Gasteiger partial charge in [0.2, 0.25) is 0 Å². The Hall–Kier alpha value is -3.82. The van der Waals surface area contributed by atoms with E-state index in [0.29, 0.717) is 17.2 Å². The number of nitrogens with zero attached hydrogens (tertiary/aromatic N) is 5. The van der Waals surface area contributed by atoms with E-state index in [9.17, 15) is 5.21 Å². The first kappa shape index (κ1) is 20.8. The van der Waals surface area contributed by atoms with Crippen molar-refractivity contribution in [2.75, 3.05) is 31.5 Å². The summed E-state index contributed by atoms with van der Waals surface area (Å²) in [6, 6.07) is 7.99. The fourth-order valence-corrected chi connectivity index (χ4v) is 4.71. The minimum Gasteiger partial charge on any atom is -0.449 e. The van der Waals surface area contributed by atoms with Crippen molar-refractivity contribution in [3.8, 4) is 11.6 Å². The number of nitrogens with one attached hydrogen (secondary N) is 2. The second-order valence-electron chi connectivity index (χ2n) is 8.66. The maximum absolute atomic E-state index is 9.22. The fraction of sp³-hybridized carbons (Fsp3) is 0.280. The maximum Gasteiger partial charge on any atom is 0.197 e. The van der Waals surface area contributed by atoms with Crippen LogP contribution in [0.15, 0.2) is 58.6 Å². The Morgan fingerprint density at radius 2 is 1.94 bits per heavy atom. The SMILES string of the molecule is ON=C1CCc2cc(Nc3c(-c4ncc(CN5CCNCC5)cn4)oc4cnccc34)ccc21. The van der Waals surface area contributed by atoms with Gasteiger partial charge >= 0.3 is 0 Å². The van der Waals surface area contributed by atoms with E-state index in [4.69, 9.17) is 4.42 Å². The number of hydrogen-bond acceptors (Lipinski definition) is 9. The Bertz CT molecular complexity index is 1360. The number of furan rings is 1. The molecule has 6 rings (SSSR count). The second kappa shape index (κ2) is 8.85. The Balaban J connectivity index is 1.32. The highest BCUT2D eigenvalue weighted by Crippen LogP contribution is 2.38. The van der Waals surface area contributed by atoms with Crippen LogP contribution in [0.1, 0.15) is 23.1 Å². The molecule has 1 aliphatic carbocycles. The lowest BCUT2D eigenvalue weighted by Gasteiger charge is -2.26. The molecule has 0 bridgehead atoms. The van der Waals surface area contributed by atoms with Crippen LogP contribution in [-0.2, 0) is 13.0 Å². The van der Waals surface area contributed by atoms with Crippen LogP contribution in [0.4, 0.5) is 11.4 Å². The second-order valence-corrected chi connectivity index (χ2v) is 8.66. The molecular weight excluding hydrogens is 430 g/mol. The third-order valence-corrected chi connectivity index (χ3v) is 6.45. The molecule has 0 saturated carbocycles. The molecule has 0 radical (unpaired) electrons. The molecule has 3 aromatic heterocycles. The van der Waals surface area contributed by atoms with Gasteiger partial charge in [-0.3, -0.25) is 9.88 Å². The van der Waals surface area contributed by atoms with Gasteiger partial charge in [-0.15, -0.1) is 0 Å². The van der Waals surface area contributed by atoms with E-state index in [1.165, 1.54) is 0 Å². The molecule has 0 unspecified atom stereocenters. The highest BCUT2D eigenvalue weighted by molar-refractivity contribution is 6.05. The third kappa shape index (κ3) is 3.89. The van der Waals surface area contributed by atoms with E-state index in [1.54, 1.807) is 12.4 Å². The fourth-order valence-electron chi connectivity index (χ4n) is 4.71. The number of rotatable bonds is 5. The first-order valence-corrected chi connectivity index (χ1v) is 11.5. The first-order valence-electron chi connectivity index (χ1n) is 11.5. The summed E-state index contributed by atoms with van der Waals surface area (Å²) in [6.45, 7) is 4.92. The van der Waals surface area contributed by atoms with Gasteiger partial charge in [-0.25, -0.2) is 9.97 Å². The van der Waals surface area contributed by atoms with Crippen molar-refractivity contribution in [1.29, 1.82) is 0 Å². The summed E-state index contributed by atoms with van der Waals surface area (Å²) in [5, 5.41) is 20.4. The maximum atomic E-state index is 9.22. The normalized spacial score (nSPS) is 17.4. The minimum absolute atomic E-state index is 0.527. The zero-order valence-electron chi connectivity index (χ0n) is 18.7. The molecular formula is C25H25N7O2. The number of benzene rings is 1. The van der Waals surface area contributed by atoms with Gasteiger partial charge in [0.05, 0.1) is 17.6 Å². The van der Waals surface area contributed by atoms with Crippen molar-refractivity contribution in [3.05, 3.63) is 65.7 Å². The van der Waals surface area contributed by atoms with Gasteiger partial charge < -0.3 is 20.3 Å². The molecule has 4 aromatic rings. The Morgan fingerprint density at radius 3 is 2.76 bits per heavy atom. The van der Waals surface area contributed by atoms with Crippen LogP contribution >= 0.6 is 0 Å². The predicted molar refractivity (Wildman–Crippen MR) is 130 cm³/mol. The van der Waals surface area contributed by atoms with Crippen LogP contribution in [0, 0.1) is 0 Å². The van der Waals surface area contributed by atoms with E-state index in [2.05, 4.69) is 41.7 Å². The molecule has 34 heavy (non-hydrogen) atoms. The van der Waals surface area contributed by atoms with E-state index < -0.39 is 0 Å².